The van der Waals surface area contributed by atoms with Gasteiger partial charge in [0.1, 0.15) is 11.6 Å². The Hall–Kier alpha value is -2.34. The summed E-state index contributed by atoms with van der Waals surface area (Å²) >= 11 is 3.49. The second-order valence-electron chi connectivity index (χ2n) is 7.59. The monoisotopic (exact) mass is 430 g/mol. The van der Waals surface area contributed by atoms with E-state index in [0.29, 0.717) is 13.0 Å². The molecule has 1 atom stereocenters. The number of anilines is 1. The Balaban J connectivity index is 1.87. The van der Waals surface area contributed by atoms with Crippen molar-refractivity contribution < 1.29 is 14.3 Å². The maximum atomic E-state index is 13.1. The molecular formula is C21H23BrN2O3. The van der Waals surface area contributed by atoms with Crippen LogP contribution in [0.15, 0.2) is 53.0 Å². The molecule has 2 aromatic rings. The molecule has 0 unspecified atom stereocenters. The van der Waals surface area contributed by atoms with E-state index in [1.807, 2.05) is 48.5 Å². The molecule has 2 amide bonds. The molecule has 1 N–H and O–H groups in total. The molecule has 2 aromatic carbocycles. The van der Waals surface area contributed by atoms with Crippen LogP contribution in [0.1, 0.15) is 31.9 Å². The normalized spacial score (nSPS) is 16.7. The number of amides is 2. The van der Waals surface area contributed by atoms with E-state index in [0.717, 1.165) is 21.3 Å². The molecule has 6 heteroatoms. The minimum absolute atomic E-state index is 0.139. The molecule has 1 aliphatic heterocycles. The number of carbonyl (C=O) groups excluding carboxylic acids is 2. The molecule has 0 aliphatic carbocycles. The van der Waals surface area contributed by atoms with Crippen LogP contribution in [0.25, 0.3) is 0 Å². The van der Waals surface area contributed by atoms with Crippen molar-refractivity contribution in [2.45, 2.75) is 45.4 Å². The fraction of sp³-hybridized carbons (Fsp3) is 0.333. The molecule has 1 aliphatic rings. The summed E-state index contributed by atoms with van der Waals surface area (Å²) in [4.78, 5) is 27.1. The average molecular weight is 431 g/mol. The van der Waals surface area contributed by atoms with Crippen LogP contribution in [0.4, 0.5) is 10.5 Å². The maximum Gasteiger partial charge on any atom is 0.408 e. The third-order valence-corrected chi connectivity index (χ3v) is 4.69. The molecule has 0 saturated heterocycles. The minimum atomic E-state index is -0.662. The number of ether oxygens (including phenoxy) is 1. The van der Waals surface area contributed by atoms with Crippen LogP contribution in [0, 0.1) is 0 Å². The average Bonchev–Trinajstić information content (AvgIpc) is 2.57. The van der Waals surface area contributed by atoms with Crippen molar-refractivity contribution in [1.82, 2.24) is 5.32 Å². The van der Waals surface area contributed by atoms with Crippen molar-refractivity contribution in [3.63, 3.8) is 0 Å². The summed E-state index contributed by atoms with van der Waals surface area (Å²) in [6.07, 6.45) is -0.156. The Morgan fingerprint density at radius 1 is 1.22 bits per heavy atom. The van der Waals surface area contributed by atoms with Crippen molar-refractivity contribution in [3.05, 3.63) is 64.1 Å². The number of halogens is 1. The van der Waals surface area contributed by atoms with E-state index in [2.05, 4.69) is 21.2 Å². The molecule has 0 spiro atoms. The summed E-state index contributed by atoms with van der Waals surface area (Å²) in [5, 5.41) is 2.73. The van der Waals surface area contributed by atoms with Gasteiger partial charge in [0.2, 0.25) is 5.91 Å². The predicted octanol–water partition coefficient (Wildman–Crippen LogP) is 4.43. The molecular weight excluding hydrogens is 408 g/mol. The highest BCUT2D eigenvalue weighted by atomic mass is 79.9. The smallest absolute Gasteiger partial charge is 0.408 e. The molecule has 0 bridgehead atoms. The van der Waals surface area contributed by atoms with Gasteiger partial charge < -0.3 is 15.0 Å². The lowest BCUT2D eigenvalue weighted by atomic mass is 9.96. The van der Waals surface area contributed by atoms with E-state index >= 15 is 0 Å². The number of rotatable bonds is 3. The summed E-state index contributed by atoms with van der Waals surface area (Å²) in [7, 11) is 0. The summed E-state index contributed by atoms with van der Waals surface area (Å²) in [6.45, 7) is 5.83. The Bertz CT molecular complexity index is 846. The van der Waals surface area contributed by atoms with Crippen molar-refractivity contribution in [3.8, 4) is 0 Å². The lowest BCUT2D eigenvalue weighted by Crippen LogP contribution is -2.53. The molecule has 5 nitrogen and oxygen atoms in total. The number of alkyl carbamates (subject to hydrolysis) is 1. The Morgan fingerprint density at radius 2 is 1.93 bits per heavy atom. The van der Waals surface area contributed by atoms with Gasteiger partial charge in [-0.2, -0.15) is 0 Å². The second kappa shape index (κ2) is 7.72. The van der Waals surface area contributed by atoms with Crippen molar-refractivity contribution in [1.29, 1.82) is 0 Å². The van der Waals surface area contributed by atoms with Crippen LogP contribution in [0.5, 0.6) is 0 Å². The number of hydrogen-bond donors (Lipinski definition) is 1. The van der Waals surface area contributed by atoms with Crippen LogP contribution in [-0.2, 0) is 22.5 Å². The fourth-order valence-corrected chi connectivity index (χ4v) is 3.50. The van der Waals surface area contributed by atoms with Gasteiger partial charge in [-0.05, 0) is 50.1 Å². The minimum Gasteiger partial charge on any atom is -0.444 e. The summed E-state index contributed by atoms with van der Waals surface area (Å²) in [5.74, 6) is -0.139. The van der Waals surface area contributed by atoms with Gasteiger partial charge in [-0.25, -0.2) is 4.79 Å². The standard InChI is InChI=1S/C21H23BrN2O3/c1-21(2,3)27-20(26)23-17-12-15-11-16(22)9-10-18(15)24(19(17)25)13-14-7-5-4-6-8-14/h4-11,17H,12-13H2,1-3H3,(H,23,26)/t17-/m1/s1. The molecule has 0 saturated carbocycles. The number of nitrogens with one attached hydrogen (secondary N) is 1. The Labute approximate surface area is 167 Å². The van der Waals surface area contributed by atoms with Gasteiger partial charge in [0, 0.05) is 16.6 Å². The van der Waals surface area contributed by atoms with E-state index in [4.69, 9.17) is 4.74 Å². The van der Waals surface area contributed by atoms with Crippen molar-refractivity contribution >= 4 is 33.6 Å². The van der Waals surface area contributed by atoms with Crippen molar-refractivity contribution in [2.75, 3.05) is 4.90 Å². The zero-order valence-corrected chi connectivity index (χ0v) is 17.2. The number of benzene rings is 2. The number of fused-ring (bicyclic) bond motifs is 1. The van der Waals surface area contributed by atoms with Crippen LogP contribution in [-0.4, -0.2) is 23.6 Å². The van der Waals surface area contributed by atoms with Crippen molar-refractivity contribution in [2.24, 2.45) is 0 Å². The third-order valence-electron chi connectivity index (χ3n) is 4.19. The van der Waals surface area contributed by atoms with Gasteiger partial charge >= 0.3 is 6.09 Å². The summed E-state index contributed by atoms with van der Waals surface area (Å²) in [6, 6.07) is 15.0. The first-order valence-electron chi connectivity index (χ1n) is 8.86. The van der Waals surface area contributed by atoms with E-state index in [1.165, 1.54) is 0 Å². The zero-order chi connectivity index (χ0) is 19.6. The van der Waals surface area contributed by atoms with E-state index < -0.39 is 17.7 Å². The first-order chi connectivity index (χ1) is 12.7. The zero-order valence-electron chi connectivity index (χ0n) is 15.7. The SMILES string of the molecule is CC(C)(C)OC(=O)N[C@@H]1Cc2cc(Br)ccc2N(Cc2ccccc2)C1=O. The summed E-state index contributed by atoms with van der Waals surface area (Å²) in [5.41, 5.74) is 2.28. The van der Waals surface area contributed by atoms with Crippen LogP contribution < -0.4 is 10.2 Å². The third kappa shape index (κ3) is 4.89. The second-order valence-corrected chi connectivity index (χ2v) is 8.50. The van der Waals surface area contributed by atoms with Gasteiger partial charge in [0.25, 0.3) is 0 Å². The van der Waals surface area contributed by atoms with Gasteiger partial charge in [-0.1, -0.05) is 46.3 Å². The molecule has 27 heavy (non-hydrogen) atoms. The fourth-order valence-electron chi connectivity index (χ4n) is 3.09. The first-order valence-corrected chi connectivity index (χ1v) is 9.65. The highest BCUT2D eigenvalue weighted by Gasteiger charge is 2.34. The van der Waals surface area contributed by atoms with Crippen LogP contribution in [0.3, 0.4) is 0 Å². The summed E-state index contributed by atoms with van der Waals surface area (Å²) < 4.78 is 6.26. The van der Waals surface area contributed by atoms with Gasteiger partial charge in [-0.15, -0.1) is 0 Å². The van der Waals surface area contributed by atoms with E-state index in [-0.39, 0.29) is 5.91 Å². The van der Waals surface area contributed by atoms with Gasteiger partial charge in [-0.3, -0.25) is 4.79 Å². The highest BCUT2D eigenvalue weighted by Crippen LogP contribution is 2.32. The van der Waals surface area contributed by atoms with Gasteiger partial charge in [0.05, 0.1) is 6.54 Å². The maximum absolute atomic E-state index is 13.1. The Morgan fingerprint density at radius 3 is 2.59 bits per heavy atom. The molecule has 0 radical (unpaired) electrons. The lowest BCUT2D eigenvalue weighted by molar-refractivity contribution is -0.121. The molecule has 0 aromatic heterocycles. The van der Waals surface area contributed by atoms with Gasteiger partial charge in [0.15, 0.2) is 0 Å². The Kier molecular flexibility index (Phi) is 5.56. The number of nitrogens with zero attached hydrogens (tertiary/aromatic N) is 1. The van der Waals surface area contributed by atoms with Crippen LogP contribution >= 0.6 is 15.9 Å². The molecule has 142 valence electrons. The van der Waals surface area contributed by atoms with Crippen LogP contribution in [0.2, 0.25) is 0 Å². The molecule has 1 heterocycles. The van der Waals surface area contributed by atoms with E-state index in [9.17, 15) is 9.59 Å². The first kappa shape index (κ1) is 19.4. The largest absolute Gasteiger partial charge is 0.444 e. The quantitative estimate of drug-likeness (QED) is 0.782. The molecule has 0 fully saturated rings. The number of carbonyl (C=O) groups is 2. The predicted molar refractivity (Wildman–Crippen MR) is 109 cm³/mol. The lowest BCUT2D eigenvalue weighted by Gasteiger charge is -2.35. The highest BCUT2D eigenvalue weighted by molar-refractivity contribution is 9.10. The topological polar surface area (TPSA) is 58.6 Å². The number of hydrogen-bond acceptors (Lipinski definition) is 3. The molecule has 3 rings (SSSR count). The van der Waals surface area contributed by atoms with E-state index in [1.54, 1.807) is 25.7 Å².